The summed E-state index contributed by atoms with van der Waals surface area (Å²) in [6.45, 7) is 20.7. The van der Waals surface area contributed by atoms with E-state index in [4.69, 9.17) is 14.0 Å². The molecule has 8 heteroatoms. The number of nitrogens with zero attached hydrogens (tertiary/aromatic N) is 3. The van der Waals surface area contributed by atoms with Crippen molar-refractivity contribution in [3.05, 3.63) is 0 Å². The van der Waals surface area contributed by atoms with Gasteiger partial charge in [0.15, 0.2) is 0 Å². The molecule has 0 aromatic heterocycles. The maximum Gasteiger partial charge on any atom is 0.345 e. The molecule has 30 heavy (non-hydrogen) atoms. The lowest BCUT2D eigenvalue weighted by atomic mass is 9.89. The molecule has 0 aromatic carbocycles. The quantitative estimate of drug-likeness (QED) is 0.569. The van der Waals surface area contributed by atoms with Gasteiger partial charge in [-0.2, -0.15) is 0 Å². The summed E-state index contributed by atoms with van der Waals surface area (Å²) in [6.07, 6.45) is 1.03. The molecule has 5 unspecified atom stereocenters. The van der Waals surface area contributed by atoms with E-state index in [1.165, 1.54) is 0 Å². The van der Waals surface area contributed by atoms with Gasteiger partial charge in [0.2, 0.25) is 0 Å². The van der Waals surface area contributed by atoms with E-state index in [1.807, 2.05) is 18.8 Å². The minimum Gasteiger partial charge on any atom is -0.373 e. The first-order valence-corrected chi connectivity index (χ1v) is 12.9. The highest BCUT2D eigenvalue weighted by Gasteiger charge is 2.42. The third kappa shape index (κ3) is 7.26. The Balaban J connectivity index is 2.09. The van der Waals surface area contributed by atoms with Crippen molar-refractivity contribution in [2.45, 2.75) is 91.8 Å². The normalized spacial score (nSPS) is 32.4. The van der Waals surface area contributed by atoms with Crippen LogP contribution in [0.25, 0.3) is 0 Å². The number of hydrogen-bond acceptors (Lipinski definition) is 5. The average Bonchev–Trinajstić information content (AvgIpc) is 2.56. The second kappa shape index (κ2) is 9.86. The predicted molar refractivity (Wildman–Crippen MR) is 123 cm³/mol. The molecule has 2 aliphatic heterocycles. The van der Waals surface area contributed by atoms with E-state index in [0.717, 1.165) is 19.5 Å². The summed E-state index contributed by atoms with van der Waals surface area (Å²) in [4.78, 5) is 2.42. The zero-order valence-corrected chi connectivity index (χ0v) is 21.9. The lowest BCUT2D eigenvalue weighted by Crippen LogP contribution is -2.55. The van der Waals surface area contributed by atoms with Gasteiger partial charge in [-0.1, -0.05) is 20.8 Å². The zero-order chi connectivity index (χ0) is 22.9. The third-order valence-corrected chi connectivity index (χ3v) is 8.25. The molecule has 178 valence electrons. The Morgan fingerprint density at radius 1 is 0.933 bits per heavy atom. The van der Waals surface area contributed by atoms with Crippen LogP contribution in [0.3, 0.4) is 0 Å². The van der Waals surface area contributed by atoms with E-state index in [2.05, 4.69) is 60.3 Å². The molecular formula is C22H46N3O4P. The number of hydrogen-bond donors (Lipinski definition) is 0. The highest BCUT2D eigenvalue weighted by Crippen LogP contribution is 2.54. The topological polar surface area (TPSA) is 54.5 Å². The van der Waals surface area contributed by atoms with Crippen molar-refractivity contribution in [2.24, 2.45) is 5.41 Å². The van der Waals surface area contributed by atoms with Crippen LogP contribution >= 0.6 is 7.67 Å². The molecule has 2 aliphatic rings. The number of morpholine rings is 2. The number of ether oxygens (including phenoxy) is 2. The van der Waals surface area contributed by atoms with Crippen LogP contribution in [-0.2, 0) is 18.6 Å². The second-order valence-corrected chi connectivity index (χ2v) is 14.1. The first-order chi connectivity index (χ1) is 13.6. The van der Waals surface area contributed by atoms with Crippen LogP contribution in [0.4, 0.5) is 0 Å². The van der Waals surface area contributed by atoms with Crippen molar-refractivity contribution in [3.8, 4) is 0 Å². The fourth-order valence-corrected chi connectivity index (χ4v) is 6.42. The van der Waals surface area contributed by atoms with Crippen molar-refractivity contribution >= 4 is 7.67 Å². The minimum absolute atomic E-state index is 0.0188. The lowest BCUT2D eigenvalue weighted by Gasteiger charge is -2.45. The average molecular weight is 448 g/mol. The van der Waals surface area contributed by atoms with Gasteiger partial charge in [0.05, 0.1) is 31.0 Å². The third-order valence-electron chi connectivity index (χ3n) is 5.71. The number of rotatable bonds is 6. The van der Waals surface area contributed by atoms with Gasteiger partial charge in [-0.25, -0.2) is 9.34 Å². The van der Waals surface area contributed by atoms with Gasteiger partial charge in [0.1, 0.15) is 0 Å². The van der Waals surface area contributed by atoms with Crippen LogP contribution in [0.15, 0.2) is 0 Å². The molecule has 0 spiro atoms. The molecule has 2 rings (SSSR count). The van der Waals surface area contributed by atoms with Crippen LogP contribution < -0.4 is 0 Å². The van der Waals surface area contributed by atoms with Gasteiger partial charge in [-0.3, -0.25) is 9.46 Å². The van der Waals surface area contributed by atoms with Crippen LogP contribution in [-0.4, -0.2) is 91.1 Å². The van der Waals surface area contributed by atoms with E-state index in [1.54, 1.807) is 4.67 Å². The Kier molecular flexibility index (Phi) is 8.63. The Morgan fingerprint density at radius 3 is 2.03 bits per heavy atom. The van der Waals surface area contributed by atoms with Gasteiger partial charge in [-0.05, 0) is 60.5 Å². The zero-order valence-electron chi connectivity index (χ0n) is 21.0. The Bertz CT molecular complexity index is 602. The van der Waals surface area contributed by atoms with E-state index in [9.17, 15) is 4.57 Å². The molecule has 5 atom stereocenters. The summed E-state index contributed by atoms with van der Waals surface area (Å²) in [5.74, 6) is 0. The van der Waals surface area contributed by atoms with Gasteiger partial charge in [0, 0.05) is 31.7 Å². The SMILES string of the molecule is CC1CN(C(C)(C)C)CC(COP(=O)(N(C)C)N2CC(C)OC(CC(C)(C)C)C2)O1. The standard InChI is InChI=1S/C22H46N3O4P/c1-17-12-24(22(6,7)8)14-20(29-17)16-27-30(26,23(9)10)25-13-18(2)28-19(15-25)11-21(3,4)5/h17-20H,11-16H2,1-10H3. The first kappa shape index (κ1) is 26.2. The van der Waals surface area contributed by atoms with Gasteiger partial charge in [-0.15, -0.1) is 0 Å². The van der Waals surface area contributed by atoms with E-state index in [-0.39, 0.29) is 35.4 Å². The van der Waals surface area contributed by atoms with Crippen LogP contribution in [0.1, 0.15) is 61.8 Å². The first-order valence-electron chi connectivity index (χ1n) is 11.3. The van der Waals surface area contributed by atoms with Gasteiger partial charge >= 0.3 is 7.67 Å². The molecule has 2 heterocycles. The van der Waals surface area contributed by atoms with Crippen molar-refractivity contribution in [1.29, 1.82) is 0 Å². The maximum absolute atomic E-state index is 14.0. The second-order valence-electron chi connectivity index (χ2n) is 11.5. The molecule has 0 aliphatic carbocycles. The monoisotopic (exact) mass is 447 g/mol. The minimum atomic E-state index is -3.17. The highest BCUT2D eigenvalue weighted by atomic mass is 31.2. The summed E-state index contributed by atoms with van der Waals surface area (Å²) in [6, 6.07) is 0. The fourth-order valence-electron chi connectivity index (χ4n) is 4.34. The largest absolute Gasteiger partial charge is 0.373 e. The van der Waals surface area contributed by atoms with Crippen LogP contribution in [0.5, 0.6) is 0 Å². The van der Waals surface area contributed by atoms with Crippen LogP contribution in [0, 0.1) is 5.41 Å². The molecule has 7 nitrogen and oxygen atoms in total. The summed E-state index contributed by atoms with van der Waals surface area (Å²) >= 11 is 0. The summed E-state index contributed by atoms with van der Waals surface area (Å²) in [7, 11) is 0.512. The molecule has 2 fully saturated rings. The van der Waals surface area contributed by atoms with Crippen molar-refractivity contribution < 1.29 is 18.6 Å². The maximum atomic E-state index is 14.0. The van der Waals surface area contributed by atoms with E-state index in [0.29, 0.717) is 19.7 Å². The Labute approximate surface area is 185 Å². The smallest absolute Gasteiger partial charge is 0.345 e. The lowest BCUT2D eigenvalue weighted by molar-refractivity contribution is -0.115. The van der Waals surface area contributed by atoms with Gasteiger partial charge in [0.25, 0.3) is 0 Å². The summed E-state index contributed by atoms with van der Waals surface area (Å²) in [5, 5.41) is 0. The van der Waals surface area contributed by atoms with E-state index < -0.39 is 7.67 Å². The summed E-state index contributed by atoms with van der Waals surface area (Å²) in [5.41, 5.74) is 0.222. The van der Waals surface area contributed by atoms with E-state index >= 15 is 0 Å². The van der Waals surface area contributed by atoms with Gasteiger partial charge < -0.3 is 14.0 Å². The molecule has 2 saturated heterocycles. The molecule has 0 N–H and O–H groups in total. The van der Waals surface area contributed by atoms with Crippen molar-refractivity contribution in [3.63, 3.8) is 0 Å². The van der Waals surface area contributed by atoms with Crippen LogP contribution in [0.2, 0.25) is 0 Å². The Hall–Kier alpha value is -0.0100. The molecule has 0 radical (unpaired) electrons. The molecule has 0 saturated carbocycles. The molecule has 0 aromatic rings. The highest BCUT2D eigenvalue weighted by molar-refractivity contribution is 7.53. The molecule has 0 bridgehead atoms. The molecular weight excluding hydrogens is 401 g/mol. The molecule has 0 amide bonds. The summed E-state index contributed by atoms with van der Waals surface area (Å²) < 4.78 is 36.3. The predicted octanol–water partition coefficient (Wildman–Crippen LogP) is 4.09. The van der Waals surface area contributed by atoms with Crippen molar-refractivity contribution in [1.82, 2.24) is 14.2 Å². The Morgan fingerprint density at radius 2 is 1.50 bits per heavy atom. The van der Waals surface area contributed by atoms with Crippen molar-refractivity contribution in [2.75, 3.05) is 46.9 Å². The fraction of sp³-hybridized carbons (Fsp3) is 1.00.